The first kappa shape index (κ1) is 20.8. The minimum Gasteiger partial charge on any atom is -0.399 e. The Morgan fingerprint density at radius 3 is 2.21 bits per heavy atom. The van der Waals surface area contributed by atoms with E-state index in [1.807, 2.05) is 0 Å². The molecule has 0 fully saturated rings. The highest BCUT2D eigenvalue weighted by Crippen LogP contribution is 2.34. The van der Waals surface area contributed by atoms with Gasteiger partial charge < -0.3 is 10.2 Å². The van der Waals surface area contributed by atoms with E-state index in [1.165, 1.54) is 17.8 Å². The molecule has 28 heavy (non-hydrogen) atoms. The van der Waals surface area contributed by atoms with Crippen LogP contribution in [0.25, 0.3) is 11.5 Å². The van der Waals surface area contributed by atoms with E-state index in [2.05, 4.69) is 5.10 Å². The lowest BCUT2D eigenvalue weighted by molar-refractivity contribution is -0.401. The number of nitrogens with zero attached hydrogens (tertiary/aromatic N) is 4. The van der Waals surface area contributed by atoms with Crippen molar-refractivity contribution in [1.29, 1.82) is 0 Å². The Bertz CT molecular complexity index is 911. The molecular weight excluding hydrogens is 370 g/mol. The van der Waals surface area contributed by atoms with E-state index >= 15 is 0 Å². The maximum Gasteiger partial charge on any atom is 0.433 e. The summed E-state index contributed by atoms with van der Waals surface area (Å²) in [5.41, 5.74) is 5.19. The SMILES string of the molecule is CCCC(=O)N(C(=O)CCC)c1c(C(N)=O)c(-c2ccc([N+](=O)[O-])o2)nn1C. The Morgan fingerprint density at radius 1 is 1.21 bits per heavy atom. The lowest BCUT2D eigenvalue weighted by Gasteiger charge is -2.21. The number of nitrogens with two attached hydrogens (primary N) is 1. The normalized spacial score (nSPS) is 10.7. The Labute approximate surface area is 160 Å². The third kappa shape index (κ3) is 3.92. The van der Waals surface area contributed by atoms with Crippen LogP contribution >= 0.6 is 0 Å². The second kappa shape index (κ2) is 8.46. The molecule has 0 saturated heterocycles. The van der Waals surface area contributed by atoms with E-state index in [0.29, 0.717) is 12.8 Å². The fraction of sp³-hybridized carbons (Fsp3) is 0.412. The molecule has 0 aliphatic rings. The van der Waals surface area contributed by atoms with Gasteiger partial charge in [-0.05, 0) is 18.9 Å². The molecule has 0 atom stereocenters. The Kier molecular flexibility index (Phi) is 6.29. The molecule has 2 aromatic rings. The van der Waals surface area contributed by atoms with Crippen LogP contribution in [-0.4, -0.2) is 32.4 Å². The summed E-state index contributed by atoms with van der Waals surface area (Å²) >= 11 is 0. The lowest BCUT2D eigenvalue weighted by Crippen LogP contribution is -2.39. The highest BCUT2D eigenvalue weighted by Gasteiger charge is 2.33. The molecule has 150 valence electrons. The molecular formula is C17H21N5O6. The summed E-state index contributed by atoms with van der Waals surface area (Å²) in [6, 6.07) is 2.37. The van der Waals surface area contributed by atoms with Gasteiger partial charge in [0.15, 0.2) is 11.6 Å². The summed E-state index contributed by atoms with van der Waals surface area (Å²) in [6.07, 6.45) is 1.16. The van der Waals surface area contributed by atoms with E-state index in [4.69, 9.17) is 10.2 Å². The van der Waals surface area contributed by atoms with Gasteiger partial charge in [-0.15, -0.1) is 0 Å². The van der Waals surface area contributed by atoms with Crippen LogP contribution in [0.5, 0.6) is 0 Å². The highest BCUT2D eigenvalue weighted by molar-refractivity contribution is 6.18. The van der Waals surface area contributed by atoms with Gasteiger partial charge in [-0.1, -0.05) is 13.8 Å². The molecule has 0 saturated carbocycles. The molecule has 2 heterocycles. The monoisotopic (exact) mass is 391 g/mol. The Hall–Kier alpha value is -3.50. The number of primary amides is 1. The van der Waals surface area contributed by atoms with E-state index in [-0.39, 0.29) is 35.7 Å². The molecule has 3 amide bonds. The molecule has 2 rings (SSSR count). The zero-order valence-corrected chi connectivity index (χ0v) is 15.8. The predicted octanol–water partition coefficient (Wildman–Crippen LogP) is 2.15. The fourth-order valence-corrected chi connectivity index (χ4v) is 2.75. The molecule has 0 aliphatic carbocycles. The molecule has 0 aromatic carbocycles. The Balaban J connectivity index is 2.69. The summed E-state index contributed by atoms with van der Waals surface area (Å²) in [4.78, 5) is 48.5. The van der Waals surface area contributed by atoms with E-state index in [1.54, 1.807) is 13.8 Å². The zero-order valence-electron chi connectivity index (χ0n) is 15.8. The van der Waals surface area contributed by atoms with E-state index < -0.39 is 28.5 Å². The molecule has 11 nitrogen and oxygen atoms in total. The zero-order chi connectivity index (χ0) is 21.0. The van der Waals surface area contributed by atoms with Crippen molar-refractivity contribution in [2.24, 2.45) is 12.8 Å². The minimum absolute atomic E-state index is 0.0758. The van der Waals surface area contributed by atoms with Crippen molar-refractivity contribution in [1.82, 2.24) is 9.78 Å². The number of aryl methyl sites for hydroxylation is 1. The van der Waals surface area contributed by atoms with Crippen molar-refractivity contribution in [3.05, 3.63) is 27.8 Å². The largest absolute Gasteiger partial charge is 0.433 e. The molecule has 11 heteroatoms. The van der Waals surface area contributed by atoms with Crippen molar-refractivity contribution >= 4 is 29.4 Å². The van der Waals surface area contributed by atoms with Crippen LogP contribution in [0.2, 0.25) is 0 Å². The number of amides is 3. The van der Waals surface area contributed by atoms with Crippen LogP contribution in [0.1, 0.15) is 49.9 Å². The van der Waals surface area contributed by atoms with Crippen molar-refractivity contribution in [3.8, 4) is 11.5 Å². The van der Waals surface area contributed by atoms with Crippen LogP contribution in [0.3, 0.4) is 0 Å². The van der Waals surface area contributed by atoms with Gasteiger partial charge in [-0.25, -0.2) is 4.90 Å². The van der Waals surface area contributed by atoms with Gasteiger partial charge in [0.25, 0.3) is 5.91 Å². The van der Waals surface area contributed by atoms with Crippen molar-refractivity contribution < 1.29 is 23.7 Å². The number of rotatable bonds is 8. The number of furan rings is 1. The number of nitro groups is 1. The first-order chi connectivity index (χ1) is 13.2. The van der Waals surface area contributed by atoms with Gasteiger partial charge in [0.2, 0.25) is 11.8 Å². The third-order valence-corrected chi connectivity index (χ3v) is 3.91. The van der Waals surface area contributed by atoms with Crippen LogP contribution in [0.15, 0.2) is 16.5 Å². The van der Waals surface area contributed by atoms with Gasteiger partial charge in [0.1, 0.15) is 16.2 Å². The molecule has 2 N–H and O–H groups in total. The van der Waals surface area contributed by atoms with E-state index in [9.17, 15) is 24.5 Å². The summed E-state index contributed by atoms with van der Waals surface area (Å²) < 4.78 is 6.29. The highest BCUT2D eigenvalue weighted by atomic mass is 16.6. The molecule has 0 bridgehead atoms. The van der Waals surface area contributed by atoms with Gasteiger partial charge >= 0.3 is 5.88 Å². The maximum atomic E-state index is 12.6. The summed E-state index contributed by atoms with van der Waals surface area (Å²) in [5.74, 6) is -2.65. The predicted molar refractivity (Wildman–Crippen MR) is 98.4 cm³/mol. The molecule has 0 unspecified atom stereocenters. The van der Waals surface area contributed by atoms with Crippen LogP contribution in [0.4, 0.5) is 11.7 Å². The van der Waals surface area contributed by atoms with Gasteiger partial charge in [0.05, 0.1) is 6.07 Å². The average molecular weight is 391 g/mol. The molecule has 2 aromatic heterocycles. The van der Waals surface area contributed by atoms with Crippen molar-refractivity contribution in [2.75, 3.05) is 4.90 Å². The molecule has 0 radical (unpaired) electrons. The smallest absolute Gasteiger partial charge is 0.399 e. The van der Waals surface area contributed by atoms with Crippen LogP contribution < -0.4 is 10.6 Å². The second-order valence-electron chi connectivity index (χ2n) is 6.05. The quantitative estimate of drug-likeness (QED) is 0.534. The van der Waals surface area contributed by atoms with Gasteiger partial charge in [-0.3, -0.25) is 29.2 Å². The molecule has 0 spiro atoms. The lowest BCUT2D eigenvalue weighted by atomic mass is 10.1. The van der Waals surface area contributed by atoms with Crippen molar-refractivity contribution in [3.63, 3.8) is 0 Å². The number of aromatic nitrogens is 2. The average Bonchev–Trinajstić information content (AvgIpc) is 3.21. The first-order valence-electron chi connectivity index (χ1n) is 8.70. The Morgan fingerprint density at radius 2 is 1.79 bits per heavy atom. The minimum atomic E-state index is -0.948. The third-order valence-electron chi connectivity index (χ3n) is 3.91. The van der Waals surface area contributed by atoms with Crippen LogP contribution in [0, 0.1) is 10.1 Å². The van der Waals surface area contributed by atoms with Gasteiger partial charge in [-0.2, -0.15) is 5.10 Å². The number of carbonyl (C=O) groups is 3. The van der Waals surface area contributed by atoms with Gasteiger partial charge in [0, 0.05) is 19.9 Å². The first-order valence-corrected chi connectivity index (χ1v) is 8.70. The van der Waals surface area contributed by atoms with E-state index in [0.717, 1.165) is 11.0 Å². The summed E-state index contributed by atoms with van der Waals surface area (Å²) in [6.45, 7) is 3.57. The second-order valence-corrected chi connectivity index (χ2v) is 6.05. The van der Waals surface area contributed by atoms with Crippen LogP contribution in [-0.2, 0) is 16.6 Å². The number of hydrogen-bond acceptors (Lipinski definition) is 7. The fourth-order valence-electron chi connectivity index (χ4n) is 2.75. The van der Waals surface area contributed by atoms with Crippen molar-refractivity contribution in [2.45, 2.75) is 39.5 Å². The number of imide groups is 1. The maximum absolute atomic E-state index is 12.6. The number of anilines is 1. The summed E-state index contributed by atoms with van der Waals surface area (Å²) in [5, 5.41) is 15.0. The summed E-state index contributed by atoms with van der Waals surface area (Å²) in [7, 11) is 1.44. The number of carbonyl (C=O) groups excluding carboxylic acids is 3. The molecule has 0 aliphatic heterocycles. The standard InChI is InChI=1S/C17H21N5O6/c1-4-6-11(23)21(12(24)7-5-2)17-14(16(18)25)15(19-20(17)3)10-8-9-13(28-10)22(26)27/h8-9H,4-7H2,1-3H3,(H2,18,25). The number of hydrogen-bond donors (Lipinski definition) is 1. The topological polar surface area (TPSA) is 155 Å².